The molecule has 0 aromatic heterocycles. The molecular weight excluding hydrogens is 270 g/mol. The first-order valence-electron chi connectivity index (χ1n) is 7.91. The molecule has 0 spiro atoms. The molecule has 3 heteroatoms. The van der Waals surface area contributed by atoms with Crippen molar-refractivity contribution in [2.75, 3.05) is 13.1 Å². The molecular formula is C17H24ClNO. The monoisotopic (exact) mass is 293 g/mol. The third kappa shape index (κ3) is 3.12. The first-order valence-corrected chi connectivity index (χ1v) is 8.29. The van der Waals surface area contributed by atoms with Gasteiger partial charge >= 0.3 is 0 Å². The molecule has 1 aliphatic heterocycles. The van der Waals surface area contributed by atoms with Crippen LogP contribution < -0.4 is 4.74 Å². The third-order valence-corrected chi connectivity index (χ3v) is 4.92. The van der Waals surface area contributed by atoms with Crippen LogP contribution in [0.5, 0.6) is 5.75 Å². The van der Waals surface area contributed by atoms with E-state index in [0.717, 1.165) is 16.3 Å². The lowest BCUT2D eigenvalue weighted by molar-refractivity contribution is -0.00350. The lowest BCUT2D eigenvalue weighted by Crippen LogP contribution is -2.42. The second kappa shape index (κ2) is 6.36. The van der Waals surface area contributed by atoms with Gasteiger partial charge in [0.2, 0.25) is 0 Å². The average Bonchev–Trinajstić information content (AvgIpc) is 3.11. The minimum Gasteiger partial charge on any atom is -0.475 e. The molecule has 0 amide bonds. The van der Waals surface area contributed by atoms with Gasteiger partial charge in [0.05, 0.1) is 0 Å². The Morgan fingerprint density at radius 3 is 2.50 bits per heavy atom. The van der Waals surface area contributed by atoms with Crippen molar-refractivity contribution in [1.29, 1.82) is 0 Å². The predicted octanol–water partition coefficient (Wildman–Crippen LogP) is 4.64. The van der Waals surface area contributed by atoms with E-state index in [1.807, 2.05) is 18.2 Å². The number of halogens is 1. The SMILES string of the molecule is Cc1cc(Cl)ccc1OC(C1CCCC1)N1CCCC1. The van der Waals surface area contributed by atoms with Crippen LogP contribution in [0.1, 0.15) is 44.1 Å². The van der Waals surface area contributed by atoms with Crippen molar-refractivity contribution in [1.82, 2.24) is 4.90 Å². The van der Waals surface area contributed by atoms with E-state index >= 15 is 0 Å². The Balaban J connectivity index is 1.77. The smallest absolute Gasteiger partial charge is 0.155 e. The maximum atomic E-state index is 6.44. The molecule has 1 saturated carbocycles. The van der Waals surface area contributed by atoms with Crippen molar-refractivity contribution in [3.05, 3.63) is 28.8 Å². The Hall–Kier alpha value is -0.730. The average molecular weight is 294 g/mol. The molecule has 0 bridgehead atoms. The summed E-state index contributed by atoms with van der Waals surface area (Å²) in [7, 11) is 0. The largest absolute Gasteiger partial charge is 0.475 e. The van der Waals surface area contributed by atoms with Crippen molar-refractivity contribution in [2.45, 2.75) is 51.7 Å². The zero-order valence-corrected chi connectivity index (χ0v) is 13.0. The summed E-state index contributed by atoms with van der Waals surface area (Å²) in [4.78, 5) is 2.55. The molecule has 1 aliphatic carbocycles. The topological polar surface area (TPSA) is 12.5 Å². The summed E-state index contributed by atoms with van der Waals surface area (Å²) < 4.78 is 6.44. The minimum atomic E-state index is 0.264. The zero-order chi connectivity index (χ0) is 13.9. The molecule has 110 valence electrons. The van der Waals surface area contributed by atoms with Gasteiger partial charge < -0.3 is 4.74 Å². The quantitative estimate of drug-likeness (QED) is 0.802. The fourth-order valence-corrected chi connectivity index (χ4v) is 3.81. The van der Waals surface area contributed by atoms with E-state index in [1.165, 1.54) is 51.6 Å². The number of benzene rings is 1. The summed E-state index contributed by atoms with van der Waals surface area (Å²) in [5, 5.41) is 0.786. The number of nitrogens with zero attached hydrogens (tertiary/aromatic N) is 1. The first-order chi connectivity index (χ1) is 9.74. The molecule has 2 aliphatic rings. The Morgan fingerprint density at radius 2 is 1.85 bits per heavy atom. The number of hydrogen-bond acceptors (Lipinski definition) is 2. The number of aryl methyl sites for hydroxylation is 1. The summed E-state index contributed by atoms with van der Waals surface area (Å²) in [6.07, 6.45) is 8.23. The highest BCUT2D eigenvalue weighted by atomic mass is 35.5. The molecule has 1 aromatic carbocycles. The second-order valence-corrected chi connectivity index (χ2v) is 6.64. The molecule has 1 atom stereocenters. The van der Waals surface area contributed by atoms with Crippen molar-refractivity contribution in [3.8, 4) is 5.75 Å². The number of ether oxygens (including phenoxy) is 1. The highest BCUT2D eigenvalue weighted by Gasteiger charge is 2.33. The third-order valence-electron chi connectivity index (χ3n) is 4.69. The highest BCUT2D eigenvalue weighted by molar-refractivity contribution is 6.30. The molecule has 2 fully saturated rings. The Kier molecular flexibility index (Phi) is 4.52. The molecule has 1 aromatic rings. The molecule has 3 rings (SSSR count). The van der Waals surface area contributed by atoms with E-state index in [0.29, 0.717) is 5.92 Å². The van der Waals surface area contributed by atoms with Crippen LogP contribution in [-0.4, -0.2) is 24.2 Å². The van der Waals surface area contributed by atoms with Gasteiger partial charge in [-0.1, -0.05) is 24.4 Å². The summed E-state index contributed by atoms with van der Waals surface area (Å²) >= 11 is 6.04. The number of likely N-dealkylation sites (tertiary alicyclic amines) is 1. The van der Waals surface area contributed by atoms with E-state index < -0.39 is 0 Å². The van der Waals surface area contributed by atoms with Gasteiger partial charge in [0.25, 0.3) is 0 Å². The summed E-state index contributed by atoms with van der Waals surface area (Å²) in [6, 6.07) is 5.95. The second-order valence-electron chi connectivity index (χ2n) is 6.21. The van der Waals surface area contributed by atoms with Gasteiger partial charge in [0.1, 0.15) is 5.75 Å². The lowest BCUT2D eigenvalue weighted by atomic mass is 10.1. The summed E-state index contributed by atoms with van der Waals surface area (Å²) in [5.74, 6) is 1.70. The fourth-order valence-electron chi connectivity index (χ4n) is 3.58. The van der Waals surface area contributed by atoms with Crippen molar-refractivity contribution >= 4 is 11.6 Å². The number of rotatable bonds is 4. The molecule has 1 heterocycles. The summed E-state index contributed by atoms with van der Waals surface area (Å²) in [6.45, 7) is 4.46. The molecule has 1 unspecified atom stereocenters. The normalized spacial score (nSPS) is 22.3. The van der Waals surface area contributed by atoms with Crippen LogP contribution in [-0.2, 0) is 0 Å². The maximum absolute atomic E-state index is 6.44. The lowest BCUT2D eigenvalue weighted by Gasteiger charge is -2.33. The van der Waals surface area contributed by atoms with Gasteiger partial charge in [-0.3, -0.25) is 4.90 Å². The van der Waals surface area contributed by atoms with Crippen LogP contribution in [0.3, 0.4) is 0 Å². The predicted molar refractivity (Wildman–Crippen MR) is 83.4 cm³/mol. The Labute approximate surface area is 127 Å². The van der Waals surface area contributed by atoms with Gasteiger partial charge in [-0.15, -0.1) is 0 Å². The molecule has 0 N–H and O–H groups in total. The molecule has 1 saturated heterocycles. The van der Waals surface area contributed by atoms with Crippen molar-refractivity contribution < 1.29 is 4.74 Å². The zero-order valence-electron chi connectivity index (χ0n) is 12.3. The van der Waals surface area contributed by atoms with E-state index in [9.17, 15) is 0 Å². The molecule has 0 radical (unpaired) electrons. The van der Waals surface area contributed by atoms with E-state index in [2.05, 4.69) is 11.8 Å². The van der Waals surface area contributed by atoms with Gasteiger partial charge in [-0.25, -0.2) is 0 Å². The Bertz CT molecular complexity index is 434. The van der Waals surface area contributed by atoms with Crippen LogP contribution in [0.4, 0.5) is 0 Å². The van der Waals surface area contributed by atoms with E-state index in [1.54, 1.807) is 0 Å². The standard InChI is InChI=1S/C17H24ClNO/c1-13-12-15(18)8-9-16(13)20-17(14-6-2-3-7-14)19-10-4-5-11-19/h8-9,12,14,17H,2-7,10-11H2,1H3. The van der Waals surface area contributed by atoms with Crippen LogP contribution >= 0.6 is 11.6 Å². The molecule has 20 heavy (non-hydrogen) atoms. The number of hydrogen-bond donors (Lipinski definition) is 0. The maximum Gasteiger partial charge on any atom is 0.155 e. The minimum absolute atomic E-state index is 0.264. The van der Waals surface area contributed by atoms with E-state index in [4.69, 9.17) is 16.3 Å². The molecule has 2 nitrogen and oxygen atoms in total. The van der Waals surface area contributed by atoms with Crippen LogP contribution in [0, 0.1) is 12.8 Å². The van der Waals surface area contributed by atoms with E-state index in [-0.39, 0.29) is 6.23 Å². The van der Waals surface area contributed by atoms with Crippen molar-refractivity contribution in [2.24, 2.45) is 5.92 Å². The van der Waals surface area contributed by atoms with Gasteiger partial charge in [0.15, 0.2) is 6.23 Å². The van der Waals surface area contributed by atoms with Gasteiger partial charge in [0, 0.05) is 24.0 Å². The van der Waals surface area contributed by atoms with Gasteiger partial charge in [-0.2, -0.15) is 0 Å². The van der Waals surface area contributed by atoms with Crippen LogP contribution in [0.25, 0.3) is 0 Å². The summed E-state index contributed by atoms with van der Waals surface area (Å²) in [5.41, 5.74) is 1.14. The fraction of sp³-hybridized carbons (Fsp3) is 0.647. The Morgan fingerprint density at radius 1 is 1.15 bits per heavy atom. The van der Waals surface area contributed by atoms with Gasteiger partial charge in [-0.05, 0) is 56.4 Å². The van der Waals surface area contributed by atoms with Crippen molar-refractivity contribution in [3.63, 3.8) is 0 Å². The van der Waals surface area contributed by atoms with Crippen LogP contribution in [0.2, 0.25) is 5.02 Å². The van der Waals surface area contributed by atoms with Crippen LogP contribution in [0.15, 0.2) is 18.2 Å². The first kappa shape index (κ1) is 14.2. The highest BCUT2D eigenvalue weighted by Crippen LogP contribution is 2.34.